The van der Waals surface area contributed by atoms with Gasteiger partial charge < -0.3 is 5.32 Å². The van der Waals surface area contributed by atoms with E-state index in [2.05, 4.69) is 10.4 Å². The molecule has 0 bridgehead atoms. The molecular weight excluding hydrogens is 280 g/mol. The SMILES string of the molecule is Cc1nn(C)c(C)c1CNc1ccc(SC(F)F)cc1. The van der Waals surface area contributed by atoms with Gasteiger partial charge in [-0.1, -0.05) is 11.8 Å². The van der Waals surface area contributed by atoms with E-state index in [0.29, 0.717) is 23.2 Å². The summed E-state index contributed by atoms with van der Waals surface area (Å²) in [5, 5.41) is 7.65. The van der Waals surface area contributed by atoms with E-state index < -0.39 is 5.76 Å². The van der Waals surface area contributed by atoms with Gasteiger partial charge in [0.1, 0.15) is 0 Å². The minimum absolute atomic E-state index is 0.555. The number of anilines is 1. The summed E-state index contributed by atoms with van der Waals surface area (Å²) < 4.78 is 26.3. The molecule has 0 fully saturated rings. The predicted octanol–water partition coefficient (Wildman–Crippen LogP) is 3.96. The molecule has 2 rings (SSSR count). The Labute approximate surface area is 121 Å². The zero-order valence-electron chi connectivity index (χ0n) is 11.7. The average Bonchev–Trinajstić information content (AvgIpc) is 2.62. The number of aromatic nitrogens is 2. The van der Waals surface area contributed by atoms with Crippen LogP contribution in [0.1, 0.15) is 17.0 Å². The second-order valence-electron chi connectivity index (χ2n) is 4.53. The Balaban J connectivity index is 2.00. The number of hydrogen-bond acceptors (Lipinski definition) is 3. The van der Waals surface area contributed by atoms with Gasteiger partial charge in [-0.3, -0.25) is 4.68 Å². The summed E-state index contributed by atoms with van der Waals surface area (Å²) >= 11 is 0.555. The lowest BCUT2D eigenvalue weighted by molar-refractivity contribution is 0.252. The van der Waals surface area contributed by atoms with Crippen molar-refractivity contribution in [3.63, 3.8) is 0 Å². The maximum Gasteiger partial charge on any atom is 0.288 e. The molecule has 0 aliphatic heterocycles. The molecule has 0 saturated heterocycles. The Morgan fingerprint density at radius 2 is 1.90 bits per heavy atom. The molecule has 0 saturated carbocycles. The molecular formula is C14H17F2N3S. The first-order chi connectivity index (χ1) is 9.47. The zero-order valence-corrected chi connectivity index (χ0v) is 12.5. The summed E-state index contributed by atoms with van der Waals surface area (Å²) in [7, 11) is 1.92. The number of rotatable bonds is 5. The lowest BCUT2D eigenvalue weighted by atomic mass is 10.2. The molecule has 1 heterocycles. The molecule has 0 spiro atoms. The first-order valence-electron chi connectivity index (χ1n) is 6.25. The van der Waals surface area contributed by atoms with Gasteiger partial charge in [0.05, 0.1) is 5.69 Å². The van der Waals surface area contributed by atoms with Gasteiger partial charge in [-0.15, -0.1) is 0 Å². The van der Waals surface area contributed by atoms with Gasteiger partial charge >= 0.3 is 0 Å². The van der Waals surface area contributed by atoms with Crippen LogP contribution in [0.25, 0.3) is 0 Å². The van der Waals surface area contributed by atoms with Crippen LogP contribution in [0.4, 0.5) is 14.5 Å². The predicted molar refractivity (Wildman–Crippen MR) is 78.3 cm³/mol. The summed E-state index contributed by atoms with van der Waals surface area (Å²) in [6.07, 6.45) is 0. The van der Waals surface area contributed by atoms with Gasteiger partial charge in [0.2, 0.25) is 0 Å². The van der Waals surface area contributed by atoms with Crippen LogP contribution in [-0.2, 0) is 13.6 Å². The first-order valence-corrected chi connectivity index (χ1v) is 7.13. The van der Waals surface area contributed by atoms with Crippen LogP contribution in [0.2, 0.25) is 0 Å². The fraction of sp³-hybridized carbons (Fsp3) is 0.357. The Hall–Kier alpha value is -1.56. The van der Waals surface area contributed by atoms with Crippen molar-refractivity contribution in [2.75, 3.05) is 5.32 Å². The quantitative estimate of drug-likeness (QED) is 0.847. The second-order valence-corrected chi connectivity index (χ2v) is 5.59. The molecule has 108 valence electrons. The zero-order chi connectivity index (χ0) is 14.7. The Morgan fingerprint density at radius 3 is 2.40 bits per heavy atom. The fourth-order valence-electron chi connectivity index (χ4n) is 2.02. The van der Waals surface area contributed by atoms with Gasteiger partial charge in [-0.05, 0) is 38.1 Å². The number of nitrogens with one attached hydrogen (secondary N) is 1. The van der Waals surface area contributed by atoms with Crippen molar-refractivity contribution in [1.82, 2.24) is 9.78 Å². The van der Waals surface area contributed by atoms with E-state index in [9.17, 15) is 8.78 Å². The minimum atomic E-state index is -2.38. The number of halogens is 2. The third kappa shape index (κ3) is 3.50. The molecule has 2 aromatic rings. The fourth-order valence-corrected chi connectivity index (χ4v) is 2.52. The van der Waals surface area contributed by atoms with Crippen molar-refractivity contribution >= 4 is 17.4 Å². The van der Waals surface area contributed by atoms with E-state index in [1.807, 2.05) is 37.7 Å². The number of thioether (sulfide) groups is 1. The van der Waals surface area contributed by atoms with Crippen LogP contribution in [0, 0.1) is 13.8 Å². The van der Waals surface area contributed by atoms with Crippen LogP contribution in [0.3, 0.4) is 0 Å². The highest BCUT2D eigenvalue weighted by atomic mass is 32.2. The molecule has 3 nitrogen and oxygen atoms in total. The highest BCUT2D eigenvalue weighted by molar-refractivity contribution is 7.99. The third-order valence-corrected chi connectivity index (χ3v) is 3.93. The topological polar surface area (TPSA) is 29.9 Å². The number of alkyl halides is 2. The summed E-state index contributed by atoms with van der Waals surface area (Å²) in [4.78, 5) is 0.569. The van der Waals surface area contributed by atoms with Crippen molar-refractivity contribution in [2.45, 2.75) is 31.0 Å². The van der Waals surface area contributed by atoms with Crippen LogP contribution < -0.4 is 5.32 Å². The smallest absolute Gasteiger partial charge is 0.288 e. The van der Waals surface area contributed by atoms with E-state index >= 15 is 0 Å². The summed E-state index contributed by atoms with van der Waals surface area (Å²) in [6, 6.07) is 7.02. The van der Waals surface area contributed by atoms with Crippen molar-refractivity contribution in [1.29, 1.82) is 0 Å². The number of hydrogen-bond donors (Lipinski definition) is 1. The Bertz CT molecular complexity index is 579. The van der Waals surface area contributed by atoms with Crippen molar-refractivity contribution in [2.24, 2.45) is 7.05 Å². The van der Waals surface area contributed by atoms with E-state index in [-0.39, 0.29) is 0 Å². The number of aryl methyl sites for hydroxylation is 2. The van der Waals surface area contributed by atoms with Crippen molar-refractivity contribution < 1.29 is 8.78 Å². The van der Waals surface area contributed by atoms with Gasteiger partial charge in [0.25, 0.3) is 5.76 Å². The lowest BCUT2D eigenvalue weighted by Gasteiger charge is -2.08. The molecule has 0 aliphatic rings. The summed E-state index contributed by atoms with van der Waals surface area (Å²) in [5.41, 5.74) is 4.20. The second kappa shape index (κ2) is 6.26. The molecule has 1 aromatic carbocycles. The third-order valence-electron chi connectivity index (χ3n) is 3.21. The van der Waals surface area contributed by atoms with Gasteiger partial charge in [-0.25, -0.2) is 0 Å². The molecule has 0 radical (unpaired) electrons. The van der Waals surface area contributed by atoms with Crippen LogP contribution in [0.5, 0.6) is 0 Å². The normalized spacial score (nSPS) is 11.1. The Kier molecular flexibility index (Phi) is 4.65. The lowest BCUT2D eigenvalue weighted by Crippen LogP contribution is -2.02. The van der Waals surface area contributed by atoms with Gasteiger partial charge in [0, 0.05) is 35.4 Å². The highest BCUT2D eigenvalue weighted by Gasteiger charge is 2.09. The van der Waals surface area contributed by atoms with E-state index in [1.54, 1.807) is 12.1 Å². The van der Waals surface area contributed by atoms with Crippen molar-refractivity contribution in [3.05, 3.63) is 41.2 Å². The molecule has 0 aliphatic carbocycles. The maximum absolute atomic E-state index is 12.2. The van der Waals surface area contributed by atoms with Gasteiger partial charge in [-0.2, -0.15) is 13.9 Å². The van der Waals surface area contributed by atoms with Crippen molar-refractivity contribution in [3.8, 4) is 0 Å². The Morgan fingerprint density at radius 1 is 1.25 bits per heavy atom. The molecule has 6 heteroatoms. The summed E-state index contributed by atoms with van der Waals surface area (Å²) in [5.74, 6) is -2.38. The molecule has 1 aromatic heterocycles. The van der Waals surface area contributed by atoms with Crippen LogP contribution >= 0.6 is 11.8 Å². The monoisotopic (exact) mass is 297 g/mol. The molecule has 0 atom stereocenters. The molecule has 0 unspecified atom stereocenters. The maximum atomic E-state index is 12.2. The molecule has 20 heavy (non-hydrogen) atoms. The van der Waals surface area contributed by atoms with Crippen LogP contribution in [0.15, 0.2) is 29.2 Å². The number of benzene rings is 1. The first kappa shape index (κ1) is 14.8. The molecule has 1 N–H and O–H groups in total. The highest BCUT2D eigenvalue weighted by Crippen LogP contribution is 2.26. The minimum Gasteiger partial charge on any atom is -0.381 e. The average molecular weight is 297 g/mol. The van der Waals surface area contributed by atoms with Gasteiger partial charge in [0.15, 0.2) is 0 Å². The molecule has 0 amide bonds. The van der Waals surface area contributed by atoms with E-state index in [1.165, 1.54) is 5.56 Å². The van der Waals surface area contributed by atoms with E-state index in [0.717, 1.165) is 17.1 Å². The van der Waals surface area contributed by atoms with E-state index in [4.69, 9.17) is 0 Å². The van der Waals surface area contributed by atoms with Crippen LogP contribution in [-0.4, -0.2) is 15.5 Å². The summed E-state index contributed by atoms with van der Waals surface area (Å²) in [6.45, 7) is 4.68. The number of nitrogens with zero attached hydrogens (tertiary/aromatic N) is 2. The largest absolute Gasteiger partial charge is 0.381 e. The standard InChI is InChI=1S/C14H17F2N3S/c1-9-13(10(2)19(3)18-9)8-17-11-4-6-12(7-5-11)20-14(15)16/h4-7,14,17H,8H2,1-3H3.